The first-order valence-electron chi connectivity index (χ1n) is 11.1. The van der Waals surface area contributed by atoms with Gasteiger partial charge in [-0.15, -0.1) is 11.3 Å². The first kappa shape index (κ1) is 21.0. The van der Waals surface area contributed by atoms with Crippen molar-refractivity contribution in [3.8, 4) is 0 Å². The Balaban J connectivity index is 1.31. The van der Waals surface area contributed by atoms with Crippen molar-refractivity contribution >= 4 is 21.6 Å². The molecule has 0 unspecified atom stereocenters. The molecule has 0 spiro atoms. The molecule has 3 heterocycles. The monoisotopic (exact) mass is 449 g/mol. The number of rotatable bonds is 7. The van der Waals surface area contributed by atoms with Crippen molar-refractivity contribution in [1.29, 1.82) is 0 Å². The number of aryl methyl sites for hydroxylation is 4. The first-order chi connectivity index (χ1) is 15.6. The van der Waals surface area contributed by atoms with Gasteiger partial charge in [0.05, 0.1) is 11.7 Å². The van der Waals surface area contributed by atoms with Crippen LogP contribution in [-0.4, -0.2) is 37.9 Å². The van der Waals surface area contributed by atoms with Crippen molar-refractivity contribution in [3.05, 3.63) is 74.4 Å². The third-order valence-electron chi connectivity index (χ3n) is 6.49. The summed E-state index contributed by atoms with van der Waals surface area (Å²) >= 11 is 1.68. The summed E-state index contributed by atoms with van der Waals surface area (Å²) in [5.74, 6) is 0. The number of benzene rings is 1. The van der Waals surface area contributed by atoms with Crippen LogP contribution in [0.2, 0.25) is 0 Å². The highest BCUT2D eigenvalue weighted by atomic mass is 32.1. The number of likely N-dealkylation sites (N-methyl/N-ethyl adjacent to an activating group) is 1. The van der Waals surface area contributed by atoms with Crippen molar-refractivity contribution in [2.24, 2.45) is 0 Å². The molecular formula is C24H27N5O2S. The molecule has 32 heavy (non-hydrogen) atoms. The Morgan fingerprint density at radius 2 is 2.09 bits per heavy atom. The molecule has 1 atom stereocenters. The van der Waals surface area contributed by atoms with Gasteiger partial charge in [-0.1, -0.05) is 40.6 Å². The molecule has 0 fully saturated rings. The van der Waals surface area contributed by atoms with Crippen LogP contribution < -0.4 is 5.56 Å². The summed E-state index contributed by atoms with van der Waals surface area (Å²) in [5, 5.41) is 8.73. The van der Waals surface area contributed by atoms with E-state index in [0.717, 1.165) is 53.7 Å². The fourth-order valence-corrected chi connectivity index (χ4v) is 5.82. The molecule has 1 aliphatic carbocycles. The van der Waals surface area contributed by atoms with Gasteiger partial charge in [0.1, 0.15) is 16.2 Å². The van der Waals surface area contributed by atoms with Crippen LogP contribution in [0.4, 0.5) is 0 Å². The van der Waals surface area contributed by atoms with E-state index in [1.165, 1.54) is 16.0 Å². The van der Waals surface area contributed by atoms with Crippen molar-refractivity contribution in [1.82, 2.24) is 24.8 Å². The van der Waals surface area contributed by atoms with Gasteiger partial charge >= 0.3 is 0 Å². The number of aromatic nitrogens is 4. The zero-order chi connectivity index (χ0) is 22.1. The fraction of sp³-hybridized carbons (Fsp3) is 0.417. The lowest BCUT2D eigenvalue weighted by molar-refractivity contribution is 0.207. The van der Waals surface area contributed by atoms with Gasteiger partial charge < -0.3 is 0 Å². The van der Waals surface area contributed by atoms with E-state index < -0.39 is 0 Å². The normalized spacial score (nSPS) is 16.0. The summed E-state index contributed by atoms with van der Waals surface area (Å²) in [6, 6.07) is 10.8. The van der Waals surface area contributed by atoms with Gasteiger partial charge in [-0.2, -0.15) is 0 Å². The molecule has 8 heteroatoms. The summed E-state index contributed by atoms with van der Waals surface area (Å²) in [6.45, 7) is 3.33. The molecule has 0 N–H and O–H groups in total. The molecular weight excluding hydrogens is 422 g/mol. The summed E-state index contributed by atoms with van der Waals surface area (Å²) in [6.07, 6.45) is 6.47. The van der Waals surface area contributed by atoms with Crippen LogP contribution in [0.3, 0.4) is 0 Å². The maximum absolute atomic E-state index is 13.3. The largest absolute Gasteiger partial charge is 0.299 e. The molecule has 0 saturated heterocycles. The molecule has 0 aliphatic heterocycles. The SMILES string of the molecule is Cc1nonc1CN(C)[C@H]1CCc2c(sc3ncn(CCCc4ccccc4)c(=O)c23)C1. The number of nitrogens with zero attached hydrogens (tertiary/aromatic N) is 5. The minimum absolute atomic E-state index is 0.108. The number of fused-ring (bicyclic) bond motifs is 3. The third-order valence-corrected chi connectivity index (χ3v) is 7.65. The minimum atomic E-state index is 0.108. The van der Waals surface area contributed by atoms with E-state index in [2.05, 4.69) is 51.5 Å². The number of hydrogen-bond donors (Lipinski definition) is 0. The lowest BCUT2D eigenvalue weighted by Crippen LogP contribution is -2.36. The van der Waals surface area contributed by atoms with Gasteiger partial charge in [0.25, 0.3) is 5.56 Å². The zero-order valence-electron chi connectivity index (χ0n) is 18.5. The molecule has 166 valence electrons. The van der Waals surface area contributed by atoms with Crippen molar-refractivity contribution in [2.45, 2.75) is 58.2 Å². The first-order valence-corrected chi connectivity index (χ1v) is 11.9. The second-order valence-electron chi connectivity index (χ2n) is 8.62. The average molecular weight is 450 g/mol. The van der Waals surface area contributed by atoms with Gasteiger partial charge in [0.2, 0.25) is 0 Å². The third kappa shape index (κ3) is 4.12. The van der Waals surface area contributed by atoms with Crippen LogP contribution in [0.5, 0.6) is 0 Å². The second kappa shape index (κ2) is 8.96. The predicted octanol–water partition coefficient (Wildman–Crippen LogP) is 3.77. The summed E-state index contributed by atoms with van der Waals surface area (Å²) < 4.78 is 6.63. The lowest BCUT2D eigenvalue weighted by Gasteiger charge is -2.30. The summed E-state index contributed by atoms with van der Waals surface area (Å²) in [4.78, 5) is 22.4. The minimum Gasteiger partial charge on any atom is -0.299 e. The molecule has 0 bridgehead atoms. The van der Waals surface area contributed by atoms with E-state index in [0.29, 0.717) is 19.1 Å². The van der Waals surface area contributed by atoms with Crippen LogP contribution in [0.1, 0.15) is 40.2 Å². The summed E-state index contributed by atoms with van der Waals surface area (Å²) in [5.41, 5.74) is 4.34. The number of hydrogen-bond acceptors (Lipinski definition) is 7. The molecule has 4 aromatic rings. The highest BCUT2D eigenvalue weighted by Gasteiger charge is 2.28. The Labute approximate surface area is 190 Å². The average Bonchev–Trinajstić information content (AvgIpc) is 3.38. The second-order valence-corrected chi connectivity index (χ2v) is 9.71. The molecule has 0 amide bonds. The highest BCUT2D eigenvalue weighted by Crippen LogP contribution is 2.35. The fourth-order valence-electron chi connectivity index (χ4n) is 4.58. The van der Waals surface area contributed by atoms with Crippen molar-refractivity contribution in [3.63, 3.8) is 0 Å². The Morgan fingerprint density at radius 3 is 2.88 bits per heavy atom. The van der Waals surface area contributed by atoms with E-state index in [-0.39, 0.29) is 5.56 Å². The topological polar surface area (TPSA) is 77.1 Å². The Kier molecular flexibility index (Phi) is 5.89. The Bertz CT molecular complexity index is 1280. The molecule has 1 aliphatic rings. The van der Waals surface area contributed by atoms with Crippen LogP contribution in [0.15, 0.2) is 46.1 Å². The standard InChI is InChI=1S/C24H27N5O2S/c1-16-20(27-31-26-16)14-28(2)18-10-11-19-21(13-18)32-23-22(19)24(30)29(15-25-23)12-6-9-17-7-4-3-5-8-17/h3-5,7-8,15,18H,6,9-14H2,1-2H3/t18-/m0/s1. The van der Waals surface area contributed by atoms with Gasteiger partial charge in [0.15, 0.2) is 0 Å². The Morgan fingerprint density at radius 1 is 1.25 bits per heavy atom. The molecule has 5 rings (SSSR count). The zero-order valence-corrected chi connectivity index (χ0v) is 19.3. The van der Waals surface area contributed by atoms with Gasteiger partial charge in [-0.05, 0) is 57.2 Å². The molecule has 7 nitrogen and oxygen atoms in total. The highest BCUT2D eigenvalue weighted by molar-refractivity contribution is 7.18. The van der Waals surface area contributed by atoms with Gasteiger partial charge in [-0.25, -0.2) is 9.61 Å². The predicted molar refractivity (Wildman–Crippen MR) is 125 cm³/mol. The molecule has 0 saturated carbocycles. The van der Waals surface area contributed by atoms with E-state index in [9.17, 15) is 4.79 Å². The van der Waals surface area contributed by atoms with E-state index >= 15 is 0 Å². The number of thiophene rings is 1. The molecule has 3 aromatic heterocycles. The maximum atomic E-state index is 13.3. The van der Waals surface area contributed by atoms with Crippen LogP contribution in [0.25, 0.3) is 10.2 Å². The maximum Gasteiger partial charge on any atom is 0.262 e. The van der Waals surface area contributed by atoms with Gasteiger partial charge in [0, 0.05) is 24.0 Å². The molecule has 1 aromatic carbocycles. The van der Waals surface area contributed by atoms with Crippen LogP contribution in [-0.2, 0) is 32.4 Å². The van der Waals surface area contributed by atoms with E-state index in [1.807, 2.05) is 13.0 Å². The lowest BCUT2D eigenvalue weighted by atomic mass is 9.92. The van der Waals surface area contributed by atoms with Crippen molar-refractivity contribution < 1.29 is 4.63 Å². The van der Waals surface area contributed by atoms with Gasteiger partial charge in [-0.3, -0.25) is 14.3 Å². The van der Waals surface area contributed by atoms with Crippen LogP contribution >= 0.6 is 11.3 Å². The van der Waals surface area contributed by atoms with E-state index in [4.69, 9.17) is 4.63 Å². The van der Waals surface area contributed by atoms with Crippen molar-refractivity contribution in [2.75, 3.05) is 7.05 Å². The summed E-state index contributed by atoms with van der Waals surface area (Å²) in [7, 11) is 2.12. The Hall–Kier alpha value is -2.84. The molecule has 0 radical (unpaired) electrons. The van der Waals surface area contributed by atoms with Crippen LogP contribution in [0, 0.1) is 6.92 Å². The quantitative estimate of drug-likeness (QED) is 0.427. The van der Waals surface area contributed by atoms with E-state index in [1.54, 1.807) is 22.2 Å². The smallest absolute Gasteiger partial charge is 0.262 e.